The van der Waals surface area contributed by atoms with Crippen molar-refractivity contribution in [3.63, 3.8) is 0 Å². The van der Waals surface area contributed by atoms with E-state index in [0.29, 0.717) is 25.9 Å². The SMILES string of the molecule is CC(=O)N(C)C(N)C(=O)NC1CCCN(C(C)=O)C2CCCN2C1=O. The first kappa shape index (κ1) is 19.2. The van der Waals surface area contributed by atoms with Crippen molar-refractivity contribution < 1.29 is 19.2 Å². The van der Waals surface area contributed by atoms with Gasteiger partial charge in [-0.15, -0.1) is 0 Å². The lowest BCUT2D eigenvalue weighted by molar-refractivity contribution is -0.147. The molecule has 3 N–H and O–H groups in total. The molecule has 2 saturated heterocycles. The Morgan fingerprint density at radius 1 is 1.20 bits per heavy atom. The second-order valence-electron chi connectivity index (χ2n) is 6.65. The monoisotopic (exact) mass is 353 g/mol. The fourth-order valence-corrected chi connectivity index (χ4v) is 3.40. The highest BCUT2D eigenvalue weighted by atomic mass is 16.2. The third-order valence-electron chi connectivity index (χ3n) is 4.96. The number of rotatable bonds is 3. The number of hydrogen-bond acceptors (Lipinski definition) is 5. The molecule has 2 aliphatic rings. The lowest BCUT2D eigenvalue weighted by atomic mass is 10.1. The molecule has 0 bridgehead atoms. The van der Waals surface area contributed by atoms with Crippen LogP contribution in [0.1, 0.15) is 39.5 Å². The topological polar surface area (TPSA) is 116 Å². The zero-order chi connectivity index (χ0) is 18.7. The molecule has 2 heterocycles. The number of hydrogen-bond donors (Lipinski definition) is 2. The van der Waals surface area contributed by atoms with Gasteiger partial charge in [0.15, 0.2) is 6.17 Å². The van der Waals surface area contributed by atoms with Crippen LogP contribution in [-0.2, 0) is 19.2 Å². The van der Waals surface area contributed by atoms with Crippen LogP contribution in [0.4, 0.5) is 0 Å². The van der Waals surface area contributed by atoms with Gasteiger partial charge in [0.05, 0.1) is 0 Å². The van der Waals surface area contributed by atoms with Crippen molar-refractivity contribution in [1.82, 2.24) is 20.0 Å². The number of fused-ring (bicyclic) bond motifs is 1. The number of carbonyl (C=O) groups excluding carboxylic acids is 4. The average Bonchev–Trinajstić information content (AvgIpc) is 3.02. The van der Waals surface area contributed by atoms with Crippen molar-refractivity contribution in [1.29, 1.82) is 0 Å². The van der Waals surface area contributed by atoms with Crippen LogP contribution in [0.15, 0.2) is 0 Å². The minimum absolute atomic E-state index is 0.0442. The van der Waals surface area contributed by atoms with Gasteiger partial charge in [-0.1, -0.05) is 0 Å². The molecule has 0 saturated carbocycles. The summed E-state index contributed by atoms with van der Waals surface area (Å²) in [6.45, 7) is 3.95. The third-order valence-corrected chi connectivity index (χ3v) is 4.96. The molecular formula is C16H27N5O4. The molecule has 0 radical (unpaired) electrons. The van der Waals surface area contributed by atoms with Crippen LogP contribution in [0.3, 0.4) is 0 Å². The predicted molar refractivity (Wildman–Crippen MR) is 89.7 cm³/mol. The van der Waals surface area contributed by atoms with Gasteiger partial charge in [-0.05, 0) is 25.7 Å². The van der Waals surface area contributed by atoms with Crippen LogP contribution in [0.2, 0.25) is 0 Å². The maximum atomic E-state index is 12.9. The first-order chi connectivity index (χ1) is 11.7. The van der Waals surface area contributed by atoms with Gasteiger partial charge in [0.1, 0.15) is 12.2 Å². The Hall–Kier alpha value is -2.16. The highest BCUT2D eigenvalue weighted by molar-refractivity contribution is 5.91. The molecule has 9 nitrogen and oxygen atoms in total. The van der Waals surface area contributed by atoms with Gasteiger partial charge in [0, 0.05) is 34.0 Å². The molecule has 0 spiro atoms. The smallest absolute Gasteiger partial charge is 0.258 e. The minimum Gasteiger partial charge on any atom is -0.341 e. The molecule has 0 aromatic rings. The average molecular weight is 353 g/mol. The molecule has 140 valence electrons. The van der Waals surface area contributed by atoms with E-state index in [0.717, 1.165) is 17.7 Å². The lowest BCUT2D eigenvalue weighted by Crippen LogP contribution is -2.60. The van der Waals surface area contributed by atoms with E-state index < -0.39 is 18.1 Å². The van der Waals surface area contributed by atoms with Crippen LogP contribution >= 0.6 is 0 Å². The van der Waals surface area contributed by atoms with Gasteiger partial charge in [-0.25, -0.2) is 0 Å². The van der Waals surface area contributed by atoms with Gasteiger partial charge in [0.2, 0.25) is 17.7 Å². The zero-order valence-corrected chi connectivity index (χ0v) is 15.0. The second kappa shape index (κ2) is 7.81. The number of likely N-dealkylation sites (N-methyl/N-ethyl adjacent to an activating group) is 1. The van der Waals surface area contributed by atoms with Crippen LogP contribution in [0.25, 0.3) is 0 Å². The summed E-state index contributed by atoms with van der Waals surface area (Å²) >= 11 is 0. The Morgan fingerprint density at radius 3 is 2.44 bits per heavy atom. The van der Waals surface area contributed by atoms with E-state index in [1.807, 2.05) is 0 Å². The largest absolute Gasteiger partial charge is 0.341 e. The molecule has 0 aliphatic carbocycles. The van der Waals surface area contributed by atoms with E-state index in [4.69, 9.17) is 5.73 Å². The van der Waals surface area contributed by atoms with Crippen LogP contribution in [-0.4, -0.2) is 76.8 Å². The third kappa shape index (κ3) is 4.09. The molecule has 2 fully saturated rings. The molecule has 3 atom stereocenters. The second-order valence-corrected chi connectivity index (χ2v) is 6.65. The molecule has 2 aliphatic heterocycles. The van der Waals surface area contributed by atoms with Crippen molar-refractivity contribution in [2.75, 3.05) is 20.1 Å². The van der Waals surface area contributed by atoms with Crippen LogP contribution in [0.5, 0.6) is 0 Å². The van der Waals surface area contributed by atoms with Crippen molar-refractivity contribution >= 4 is 23.6 Å². The minimum atomic E-state index is -1.14. The highest BCUT2D eigenvalue weighted by Crippen LogP contribution is 2.25. The molecule has 3 unspecified atom stereocenters. The van der Waals surface area contributed by atoms with Gasteiger partial charge < -0.3 is 25.8 Å². The fraction of sp³-hybridized carbons (Fsp3) is 0.750. The van der Waals surface area contributed by atoms with Gasteiger partial charge in [-0.2, -0.15) is 0 Å². The summed E-state index contributed by atoms with van der Waals surface area (Å²) in [5, 5.41) is 2.68. The summed E-state index contributed by atoms with van der Waals surface area (Å²) < 4.78 is 0. The Balaban J connectivity index is 2.10. The van der Waals surface area contributed by atoms with E-state index in [-0.39, 0.29) is 23.9 Å². The van der Waals surface area contributed by atoms with Gasteiger partial charge in [0.25, 0.3) is 5.91 Å². The maximum absolute atomic E-state index is 12.9. The van der Waals surface area contributed by atoms with Crippen molar-refractivity contribution in [3.8, 4) is 0 Å². The van der Waals surface area contributed by atoms with Crippen LogP contribution < -0.4 is 11.1 Å². The first-order valence-electron chi connectivity index (χ1n) is 8.61. The molecule has 25 heavy (non-hydrogen) atoms. The number of nitrogens with two attached hydrogens (primary N) is 1. The summed E-state index contributed by atoms with van der Waals surface area (Å²) in [7, 11) is 1.44. The number of amides is 4. The van der Waals surface area contributed by atoms with E-state index in [1.165, 1.54) is 20.9 Å². The molecule has 9 heteroatoms. The maximum Gasteiger partial charge on any atom is 0.258 e. The Labute approximate surface area is 147 Å². The van der Waals surface area contributed by atoms with E-state index in [2.05, 4.69) is 5.32 Å². The van der Waals surface area contributed by atoms with Gasteiger partial charge in [-0.3, -0.25) is 19.2 Å². The Morgan fingerprint density at radius 2 is 1.84 bits per heavy atom. The zero-order valence-electron chi connectivity index (χ0n) is 15.0. The summed E-state index contributed by atoms with van der Waals surface area (Å²) in [5.74, 6) is -1.13. The number of carbonyl (C=O) groups is 4. The normalized spacial score (nSPS) is 24.9. The predicted octanol–water partition coefficient (Wildman–Crippen LogP) is -1.17. The van der Waals surface area contributed by atoms with Crippen LogP contribution in [0, 0.1) is 0 Å². The summed E-state index contributed by atoms with van der Waals surface area (Å²) in [6, 6.07) is -0.686. The Bertz CT molecular complexity index is 567. The highest BCUT2D eigenvalue weighted by Gasteiger charge is 2.40. The molecule has 0 aromatic heterocycles. The summed E-state index contributed by atoms with van der Waals surface area (Å²) in [4.78, 5) is 52.9. The Kier molecular flexibility index (Phi) is 5.99. The van der Waals surface area contributed by atoms with Crippen molar-refractivity contribution in [3.05, 3.63) is 0 Å². The summed E-state index contributed by atoms with van der Waals surface area (Å²) in [5.41, 5.74) is 5.78. The lowest BCUT2D eigenvalue weighted by Gasteiger charge is -2.39. The van der Waals surface area contributed by atoms with Crippen molar-refractivity contribution in [2.24, 2.45) is 5.73 Å². The molecule has 4 amide bonds. The quantitative estimate of drug-likeness (QED) is 0.620. The van der Waals surface area contributed by atoms with E-state index in [9.17, 15) is 19.2 Å². The standard InChI is InChI=1S/C16H27N5O4/c1-10(22)19(3)14(17)15(24)18-12-6-4-8-20(11(2)23)13-7-5-9-21(13)16(12)25/h12-14H,4-9,17H2,1-3H3,(H,18,24). The molecule has 2 rings (SSSR count). The fourth-order valence-electron chi connectivity index (χ4n) is 3.40. The summed E-state index contributed by atoms with van der Waals surface area (Å²) in [6.07, 6.45) is 1.23. The van der Waals surface area contributed by atoms with E-state index >= 15 is 0 Å². The van der Waals surface area contributed by atoms with E-state index in [1.54, 1.807) is 9.80 Å². The van der Waals surface area contributed by atoms with Gasteiger partial charge >= 0.3 is 0 Å². The molecule has 0 aromatic carbocycles. The van der Waals surface area contributed by atoms with Crippen molar-refractivity contribution in [2.45, 2.75) is 57.9 Å². The number of nitrogens with one attached hydrogen (secondary N) is 1. The molecular weight excluding hydrogens is 326 g/mol. The number of nitrogens with zero attached hydrogens (tertiary/aromatic N) is 3. The first-order valence-corrected chi connectivity index (χ1v) is 8.61.